The first-order valence-electron chi connectivity index (χ1n) is 3.27. The Labute approximate surface area is 77.9 Å². The van der Waals surface area contributed by atoms with Crippen molar-refractivity contribution in [2.75, 3.05) is 12.4 Å². The Hall–Kier alpha value is -1.10. The van der Waals surface area contributed by atoms with Gasteiger partial charge in [-0.1, -0.05) is 0 Å². The monoisotopic (exact) mass is 230 g/mol. The van der Waals surface area contributed by atoms with Crippen molar-refractivity contribution >= 4 is 27.3 Å². The summed E-state index contributed by atoms with van der Waals surface area (Å²) in [6, 6.07) is 4.57. The largest absolute Gasteiger partial charge is 0.387 e. The van der Waals surface area contributed by atoms with Gasteiger partial charge in [0.25, 0.3) is 5.69 Å². The molecular weight excluding hydrogens is 224 g/mol. The summed E-state index contributed by atoms with van der Waals surface area (Å²) in [5.74, 6) is 0. The van der Waals surface area contributed by atoms with E-state index in [1.54, 1.807) is 13.1 Å². The molecule has 0 saturated carbocycles. The second-order valence-corrected chi connectivity index (χ2v) is 3.03. The van der Waals surface area contributed by atoms with Crippen molar-refractivity contribution in [3.05, 3.63) is 32.8 Å². The van der Waals surface area contributed by atoms with Gasteiger partial charge >= 0.3 is 0 Å². The van der Waals surface area contributed by atoms with E-state index in [2.05, 4.69) is 21.2 Å². The van der Waals surface area contributed by atoms with Crippen LogP contribution in [0.15, 0.2) is 22.7 Å². The first-order valence-corrected chi connectivity index (χ1v) is 4.06. The van der Waals surface area contributed by atoms with Gasteiger partial charge in [-0.05, 0) is 22.0 Å². The summed E-state index contributed by atoms with van der Waals surface area (Å²) >= 11 is 3.21. The summed E-state index contributed by atoms with van der Waals surface area (Å²) < 4.78 is 0.694. The third kappa shape index (κ3) is 1.73. The van der Waals surface area contributed by atoms with Crippen molar-refractivity contribution in [2.45, 2.75) is 0 Å². The Bertz CT molecular complexity index is 314. The number of rotatable bonds is 2. The summed E-state index contributed by atoms with van der Waals surface area (Å²) in [5, 5.41) is 13.2. The van der Waals surface area contributed by atoms with Crippen LogP contribution in [0.4, 0.5) is 11.4 Å². The van der Waals surface area contributed by atoms with Gasteiger partial charge in [0, 0.05) is 29.3 Å². The van der Waals surface area contributed by atoms with Gasteiger partial charge in [-0.2, -0.15) is 0 Å². The topological polar surface area (TPSA) is 55.2 Å². The molecule has 0 unspecified atom stereocenters. The molecule has 1 aromatic rings. The Morgan fingerprint density at radius 2 is 2.25 bits per heavy atom. The fourth-order valence-electron chi connectivity index (χ4n) is 0.820. The number of anilines is 1. The lowest BCUT2D eigenvalue weighted by Gasteiger charge is -2.01. The van der Waals surface area contributed by atoms with Crippen LogP contribution in [0.5, 0.6) is 0 Å². The van der Waals surface area contributed by atoms with Crippen LogP contribution in [0.1, 0.15) is 0 Å². The molecular formula is C7H7BrN2O2. The maximum absolute atomic E-state index is 10.3. The van der Waals surface area contributed by atoms with Crippen molar-refractivity contribution in [2.24, 2.45) is 0 Å². The number of hydrogen-bond donors (Lipinski definition) is 1. The molecule has 4 nitrogen and oxygen atoms in total. The highest BCUT2D eigenvalue weighted by Gasteiger charge is 2.07. The van der Waals surface area contributed by atoms with E-state index in [9.17, 15) is 10.1 Å². The first-order chi connectivity index (χ1) is 5.65. The molecule has 1 rings (SSSR count). The SMILES string of the molecule is CNc1ccc([N+](=O)[O-])cc1Br. The first kappa shape index (κ1) is 8.99. The van der Waals surface area contributed by atoms with Crippen LogP contribution < -0.4 is 5.32 Å². The second kappa shape index (κ2) is 3.53. The van der Waals surface area contributed by atoms with Crippen LogP contribution in [0.25, 0.3) is 0 Å². The number of hydrogen-bond acceptors (Lipinski definition) is 3. The summed E-state index contributed by atoms with van der Waals surface area (Å²) in [5.41, 5.74) is 0.918. The number of halogens is 1. The van der Waals surface area contributed by atoms with Crippen LogP contribution >= 0.6 is 15.9 Å². The molecule has 0 heterocycles. The zero-order chi connectivity index (χ0) is 9.14. The van der Waals surface area contributed by atoms with Crippen LogP contribution in [0.2, 0.25) is 0 Å². The molecule has 0 spiro atoms. The van der Waals surface area contributed by atoms with E-state index in [1.807, 2.05) is 0 Å². The molecule has 0 radical (unpaired) electrons. The normalized spacial score (nSPS) is 9.50. The lowest BCUT2D eigenvalue weighted by molar-refractivity contribution is -0.384. The van der Waals surface area contributed by atoms with Crippen molar-refractivity contribution < 1.29 is 4.92 Å². The molecule has 1 aromatic carbocycles. The Morgan fingerprint density at radius 3 is 2.67 bits per heavy atom. The standard InChI is InChI=1S/C7H7BrN2O2/c1-9-7-3-2-5(10(11)12)4-6(7)8/h2-4,9H,1H3. The van der Waals surface area contributed by atoms with Gasteiger partial charge in [-0.15, -0.1) is 0 Å². The zero-order valence-corrected chi connectivity index (χ0v) is 7.96. The summed E-state index contributed by atoms with van der Waals surface area (Å²) in [6.45, 7) is 0. The summed E-state index contributed by atoms with van der Waals surface area (Å²) in [4.78, 5) is 9.89. The Balaban J connectivity index is 3.10. The lowest BCUT2D eigenvalue weighted by Crippen LogP contribution is -1.92. The molecule has 0 aliphatic heterocycles. The number of benzene rings is 1. The smallest absolute Gasteiger partial charge is 0.270 e. The second-order valence-electron chi connectivity index (χ2n) is 2.17. The average molecular weight is 231 g/mol. The molecule has 0 aliphatic rings. The van der Waals surface area contributed by atoms with E-state index in [0.717, 1.165) is 5.69 Å². The summed E-state index contributed by atoms with van der Waals surface area (Å²) in [6.07, 6.45) is 0. The summed E-state index contributed by atoms with van der Waals surface area (Å²) in [7, 11) is 1.76. The minimum Gasteiger partial charge on any atom is -0.387 e. The molecule has 0 aromatic heterocycles. The number of nitro groups is 1. The third-order valence-corrected chi connectivity index (χ3v) is 2.09. The highest BCUT2D eigenvalue weighted by Crippen LogP contribution is 2.26. The van der Waals surface area contributed by atoms with Gasteiger partial charge in [-0.25, -0.2) is 0 Å². The van der Waals surface area contributed by atoms with E-state index < -0.39 is 4.92 Å². The van der Waals surface area contributed by atoms with Crippen molar-refractivity contribution in [1.82, 2.24) is 0 Å². The van der Waals surface area contributed by atoms with E-state index >= 15 is 0 Å². The van der Waals surface area contributed by atoms with Crippen molar-refractivity contribution in [1.29, 1.82) is 0 Å². The van der Waals surface area contributed by atoms with E-state index in [4.69, 9.17) is 0 Å². The zero-order valence-electron chi connectivity index (χ0n) is 6.37. The highest BCUT2D eigenvalue weighted by atomic mass is 79.9. The van der Waals surface area contributed by atoms with Gasteiger partial charge < -0.3 is 5.32 Å². The van der Waals surface area contributed by atoms with Gasteiger partial charge in [0.2, 0.25) is 0 Å². The molecule has 5 heteroatoms. The molecule has 1 N–H and O–H groups in total. The van der Waals surface area contributed by atoms with Gasteiger partial charge in [0.1, 0.15) is 0 Å². The molecule has 0 aliphatic carbocycles. The molecule has 0 atom stereocenters. The maximum Gasteiger partial charge on any atom is 0.270 e. The van der Waals surface area contributed by atoms with Crippen LogP contribution in [-0.4, -0.2) is 12.0 Å². The van der Waals surface area contributed by atoms with Crippen molar-refractivity contribution in [3.8, 4) is 0 Å². The van der Waals surface area contributed by atoms with Gasteiger partial charge in [0.05, 0.1) is 4.92 Å². The lowest BCUT2D eigenvalue weighted by atomic mass is 10.3. The fourth-order valence-corrected chi connectivity index (χ4v) is 1.39. The number of nitrogens with zero attached hydrogens (tertiary/aromatic N) is 1. The minimum absolute atomic E-state index is 0.0841. The number of non-ortho nitro benzene ring substituents is 1. The minimum atomic E-state index is -0.426. The van der Waals surface area contributed by atoms with Gasteiger partial charge in [-0.3, -0.25) is 10.1 Å². The highest BCUT2D eigenvalue weighted by molar-refractivity contribution is 9.10. The predicted octanol–water partition coefficient (Wildman–Crippen LogP) is 2.40. The molecule has 0 saturated heterocycles. The molecule has 0 amide bonds. The van der Waals surface area contributed by atoms with Crippen molar-refractivity contribution in [3.63, 3.8) is 0 Å². The maximum atomic E-state index is 10.3. The van der Waals surface area contributed by atoms with E-state index in [-0.39, 0.29) is 5.69 Å². The number of nitro benzene ring substituents is 1. The molecule has 0 fully saturated rings. The van der Waals surface area contributed by atoms with E-state index in [0.29, 0.717) is 4.47 Å². The molecule has 64 valence electrons. The van der Waals surface area contributed by atoms with E-state index in [1.165, 1.54) is 12.1 Å². The Kier molecular flexibility index (Phi) is 2.65. The quantitative estimate of drug-likeness (QED) is 0.628. The van der Waals surface area contributed by atoms with Gasteiger partial charge in [0.15, 0.2) is 0 Å². The average Bonchev–Trinajstić information content (AvgIpc) is 2.04. The predicted molar refractivity (Wildman–Crippen MR) is 50.3 cm³/mol. The molecule has 12 heavy (non-hydrogen) atoms. The fraction of sp³-hybridized carbons (Fsp3) is 0.143. The van der Waals surface area contributed by atoms with Crippen LogP contribution in [0.3, 0.4) is 0 Å². The number of nitrogens with one attached hydrogen (secondary N) is 1. The molecule has 0 bridgehead atoms. The third-order valence-electron chi connectivity index (χ3n) is 1.43. The Morgan fingerprint density at radius 1 is 1.58 bits per heavy atom. The van der Waals surface area contributed by atoms with Crippen LogP contribution in [0, 0.1) is 10.1 Å². The van der Waals surface area contributed by atoms with Crippen LogP contribution in [-0.2, 0) is 0 Å².